The van der Waals surface area contributed by atoms with E-state index < -0.39 is 16.8 Å². The van der Waals surface area contributed by atoms with E-state index >= 15 is 0 Å². The molecule has 1 saturated heterocycles. The smallest absolute Gasteiger partial charge is 0.308 e. The number of hydrogen-bond acceptors (Lipinski definition) is 4. The van der Waals surface area contributed by atoms with Gasteiger partial charge in [-0.25, -0.2) is 0 Å². The summed E-state index contributed by atoms with van der Waals surface area (Å²) in [5.41, 5.74) is 1.98. The lowest BCUT2D eigenvalue weighted by Gasteiger charge is -2.44. The molecule has 1 aliphatic carbocycles. The lowest BCUT2D eigenvalue weighted by molar-refractivity contribution is -0.384. The highest BCUT2D eigenvalue weighted by Gasteiger charge is 2.60. The summed E-state index contributed by atoms with van der Waals surface area (Å²) in [6, 6.07) is 5.21. The van der Waals surface area contributed by atoms with Crippen molar-refractivity contribution in [3.05, 3.63) is 33.9 Å². The van der Waals surface area contributed by atoms with Crippen LogP contribution in [0, 0.1) is 26.9 Å². The van der Waals surface area contributed by atoms with E-state index in [1.165, 1.54) is 0 Å². The Hall–Kier alpha value is -2.11. The van der Waals surface area contributed by atoms with Crippen molar-refractivity contribution >= 4 is 17.3 Å². The van der Waals surface area contributed by atoms with Crippen molar-refractivity contribution in [2.45, 2.75) is 58.5 Å². The van der Waals surface area contributed by atoms with Crippen molar-refractivity contribution in [2.75, 3.05) is 4.90 Å². The van der Waals surface area contributed by atoms with Crippen LogP contribution in [-0.4, -0.2) is 28.1 Å². The number of carbonyl (C=O) groups is 1. The van der Waals surface area contributed by atoms with Gasteiger partial charge in [-0.15, -0.1) is 0 Å². The molecule has 2 aliphatic heterocycles. The zero-order valence-electron chi connectivity index (χ0n) is 14.9. The van der Waals surface area contributed by atoms with Crippen LogP contribution in [0.15, 0.2) is 18.2 Å². The maximum absolute atomic E-state index is 12.1. The minimum Gasteiger partial charge on any atom is -0.481 e. The number of non-ortho nitro benzene ring substituents is 1. The Labute approximate surface area is 147 Å². The molecule has 6 nitrogen and oxygen atoms in total. The van der Waals surface area contributed by atoms with Gasteiger partial charge in [0.25, 0.3) is 5.69 Å². The molecule has 2 heterocycles. The fraction of sp³-hybridized carbons (Fsp3) is 0.632. The van der Waals surface area contributed by atoms with Gasteiger partial charge in [0, 0.05) is 29.9 Å². The molecule has 1 aromatic rings. The van der Waals surface area contributed by atoms with Crippen LogP contribution >= 0.6 is 0 Å². The quantitative estimate of drug-likeness (QED) is 0.654. The monoisotopic (exact) mass is 344 g/mol. The van der Waals surface area contributed by atoms with E-state index in [-0.39, 0.29) is 22.6 Å². The predicted octanol–water partition coefficient (Wildman–Crippen LogP) is 3.63. The Morgan fingerprint density at radius 2 is 2.04 bits per heavy atom. The summed E-state index contributed by atoms with van der Waals surface area (Å²) in [7, 11) is 0. The molecular formula is C19H24N2O4. The van der Waals surface area contributed by atoms with E-state index in [0.717, 1.165) is 30.5 Å². The van der Waals surface area contributed by atoms with Crippen LogP contribution in [0.1, 0.15) is 45.6 Å². The Morgan fingerprint density at radius 1 is 1.32 bits per heavy atom. The van der Waals surface area contributed by atoms with Crippen LogP contribution in [0.5, 0.6) is 0 Å². The molecule has 0 amide bonds. The maximum atomic E-state index is 12.1. The Kier molecular flexibility index (Phi) is 3.25. The second-order valence-electron chi connectivity index (χ2n) is 9.13. The topological polar surface area (TPSA) is 83.7 Å². The van der Waals surface area contributed by atoms with E-state index in [1.54, 1.807) is 12.1 Å². The van der Waals surface area contributed by atoms with Gasteiger partial charge in [-0.05, 0) is 48.1 Å². The molecule has 1 aromatic carbocycles. The summed E-state index contributed by atoms with van der Waals surface area (Å²) in [6.07, 6.45) is 3.42. The number of carboxylic acid groups (broad SMARTS) is 1. The Balaban J connectivity index is 1.87. The van der Waals surface area contributed by atoms with E-state index in [1.807, 2.05) is 6.07 Å². The zero-order valence-corrected chi connectivity index (χ0v) is 14.9. The lowest BCUT2D eigenvalue weighted by atomic mass is 9.61. The van der Waals surface area contributed by atoms with Crippen molar-refractivity contribution in [1.82, 2.24) is 0 Å². The largest absolute Gasteiger partial charge is 0.481 e. The van der Waals surface area contributed by atoms with Gasteiger partial charge < -0.3 is 10.0 Å². The molecule has 2 fully saturated rings. The SMILES string of the molecule is CC1(C)C[C@H]2C[C@](C)(C1)[C@H]1[C@@H](C(=O)O)Cc3cc([N+](=O)[O-])ccc3N21. The third-order valence-corrected chi connectivity index (χ3v) is 6.47. The van der Waals surface area contributed by atoms with E-state index in [4.69, 9.17) is 0 Å². The van der Waals surface area contributed by atoms with Crippen molar-refractivity contribution < 1.29 is 14.8 Å². The van der Waals surface area contributed by atoms with Crippen molar-refractivity contribution in [3.63, 3.8) is 0 Å². The Bertz CT molecular complexity index is 775. The van der Waals surface area contributed by atoms with Crippen LogP contribution in [0.2, 0.25) is 0 Å². The third-order valence-electron chi connectivity index (χ3n) is 6.47. The number of hydrogen-bond donors (Lipinski definition) is 1. The molecule has 6 heteroatoms. The van der Waals surface area contributed by atoms with Gasteiger partial charge in [-0.3, -0.25) is 14.9 Å². The van der Waals surface area contributed by atoms with Gasteiger partial charge in [0.1, 0.15) is 0 Å². The fourth-order valence-corrected chi connectivity index (χ4v) is 6.17. The van der Waals surface area contributed by atoms with Crippen molar-refractivity contribution in [1.29, 1.82) is 0 Å². The molecule has 0 unspecified atom stereocenters. The van der Waals surface area contributed by atoms with Crippen molar-refractivity contribution in [2.24, 2.45) is 16.7 Å². The summed E-state index contributed by atoms with van der Waals surface area (Å²) in [5, 5.41) is 21.0. The number of carboxylic acids is 1. The first-order valence-electron chi connectivity index (χ1n) is 8.90. The van der Waals surface area contributed by atoms with Gasteiger partial charge in [0.05, 0.1) is 10.8 Å². The standard InChI is InChI=1S/C19H24N2O4/c1-18(2)8-13-9-19(3,10-18)16-14(17(22)23)7-11-6-12(21(24)25)4-5-15(11)20(13)16/h4-6,13-14,16H,7-10H2,1-3H3,(H,22,23)/t13-,14-,16+,19+/m0/s1. The maximum Gasteiger partial charge on any atom is 0.308 e. The Morgan fingerprint density at radius 3 is 2.68 bits per heavy atom. The van der Waals surface area contributed by atoms with Crippen LogP contribution in [0.25, 0.3) is 0 Å². The van der Waals surface area contributed by atoms with E-state index in [0.29, 0.717) is 12.5 Å². The van der Waals surface area contributed by atoms with Crippen LogP contribution in [0.3, 0.4) is 0 Å². The first-order valence-corrected chi connectivity index (χ1v) is 8.90. The van der Waals surface area contributed by atoms with E-state index in [9.17, 15) is 20.0 Å². The van der Waals surface area contributed by atoms with E-state index in [2.05, 4.69) is 25.7 Å². The number of fused-ring (bicyclic) bond motifs is 7. The lowest BCUT2D eigenvalue weighted by Crippen LogP contribution is -2.51. The molecule has 0 aromatic heterocycles. The number of rotatable bonds is 2. The molecule has 3 aliphatic rings. The van der Waals surface area contributed by atoms with Crippen LogP contribution < -0.4 is 4.90 Å². The fourth-order valence-electron chi connectivity index (χ4n) is 6.17. The second kappa shape index (κ2) is 4.96. The third kappa shape index (κ3) is 2.34. The molecule has 4 atom stereocenters. The number of benzene rings is 1. The van der Waals surface area contributed by atoms with Gasteiger partial charge in [0.2, 0.25) is 0 Å². The molecule has 2 bridgehead atoms. The van der Waals surface area contributed by atoms with Gasteiger partial charge in [-0.1, -0.05) is 20.8 Å². The van der Waals surface area contributed by atoms with Crippen molar-refractivity contribution in [3.8, 4) is 0 Å². The molecule has 4 rings (SSSR count). The molecule has 1 saturated carbocycles. The summed E-state index contributed by atoms with van der Waals surface area (Å²) in [5.74, 6) is -1.31. The first kappa shape index (κ1) is 16.4. The van der Waals surface area contributed by atoms with Gasteiger partial charge >= 0.3 is 5.97 Å². The summed E-state index contributed by atoms with van der Waals surface area (Å²) >= 11 is 0. The average Bonchev–Trinajstić information content (AvgIpc) is 2.72. The average molecular weight is 344 g/mol. The van der Waals surface area contributed by atoms with Crippen LogP contribution in [0.4, 0.5) is 11.4 Å². The first-order chi connectivity index (χ1) is 11.6. The van der Waals surface area contributed by atoms with Gasteiger partial charge in [0.15, 0.2) is 0 Å². The number of nitro benzene ring substituents is 1. The molecule has 0 spiro atoms. The number of nitrogens with zero attached hydrogens (tertiary/aromatic N) is 2. The zero-order chi connectivity index (χ0) is 18.1. The second-order valence-corrected chi connectivity index (χ2v) is 9.13. The normalized spacial score (nSPS) is 35.0. The summed E-state index contributed by atoms with van der Waals surface area (Å²) in [4.78, 5) is 25.1. The van der Waals surface area contributed by atoms with Gasteiger partial charge in [-0.2, -0.15) is 0 Å². The molecule has 134 valence electrons. The number of anilines is 1. The molecular weight excluding hydrogens is 320 g/mol. The highest BCUT2D eigenvalue weighted by Crippen LogP contribution is 2.60. The summed E-state index contributed by atoms with van der Waals surface area (Å²) in [6.45, 7) is 6.77. The highest BCUT2D eigenvalue weighted by atomic mass is 16.6. The minimum atomic E-state index is -0.793. The molecule has 1 N–H and O–H groups in total. The molecule has 25 heavy (non-hydrogen) atoms. The summed E-state index contributed by atoms with van der Waals surface area (Å²) < 4.78 is 0. The highest BCUT2D eigenvalue weighted by molar-refractivity contribution is 5.76. The minimum absolute atomic E-state index is 0.0328. The predicted molar refractivity (Wildman–Crippen MR) is 93.7 cm³/mol. The number of nitro groups is 1. The number of aliphatic carboxylic acids is 1. The molecule has 0 radical (unpaired) electrons. The van der Waals surface area contributed by atoms with Crippen LogP contribution in [-0.2, 0) is 11.2 Å².